The summed E-state index contributed by atoms with van der Waals surface area (Å²) in [6.07, 6.45) is 0. The van der Waals surface area contributed by atoms with E-state index < -0.39 is 0 Å². The minimum atomic E-state index is -0.306. The standard InChI is InChI=1S/C20H20N4O2S/c1-2-26-18-6-4-3-5-16(18)23-19(25)22-15-9-7-14(8-10-15)17-13-27-20-21-11-12-24(17)20/h3-10,13H,2,11-12H2,1H3,(H2,22,23,25). The number of ether oxygens (including phenoxy) is 1. The van der Waals surface area contributed by atoms with Crippen molar-refractivity contribution in [1.29, 1.82) is 0 Å². The molecule has 0 saturated heterocycles. The fourth-order valence-corrected chi connectivity index (χ4v) is 3.97. The van der Waals surface area contributed by atoms with Crippen LogP contribution < -0.4 is 15.4 Å². The van der Waals surface area contributed by atoms with Crippen LogP contribution in [-0.2, 0) is 0 Å². The Kier molecular flexibility index (Phi) is 5.02. The molecule has 0 saturated carbocycles. The highest BCUT2D eigenvalue weighted by Crippen LogP contribution is 2.35. The van der Waals surface area contributed by atoms with Crippen molar-refractivity contribution in [2.45, 2.75) is 6.92 Å². The lowest BCUT2D eigenvalue weighted by Gasteiger charge is -2.17. The zero-order chi connectivity index (χ0) is 18.6. The van der Waals surface area contributed by atoms with Gasteiger partial charge in [-0.05, 0) is 36.8 Å². The predicted molar refractivity (Wildman–Crippen MR) is 111 cm³/mol. The third kappa shape index (κ3) is 3.78. The number of hydrogen-bond acceptors (Lipinski definition) is 5. The van der Waals surface area contributed by atoms with Gasteiger partial charge in [-0.2, -0.15) is 0 Å². The van der Waals surface area contributed by atoms with Gasteiger partial charge in [-0.3, -0.25) is 4.99 Å². The summed E-state index contributed by atoms with van der Waals surface area (Å²) in [7, 11) is 0. The first-order valence-electron chi connectivity index (χ1n) is 8.83. The molecule has 2 aromatic carbocycles. The van der Waals surface area contributed by atoms with Gasteiger partial charge < -0.3 is 20.3 Å². The maximum absolute atomic E-state index is 12.3. The van der Waals surface area contributed by atoms with E-state index in [1.54, 1.807) is 11.8 Å². The Balaban J connectivity index is 1.40. The molecule has 2 heterocycles. The largest absolute Gasteiger partial charge is 0.492 e. The zero-order valence-corrected chi connectivity index (χ0v) is 15.8. The molecule has 0 bridgehead atoms. The maximum atomic E-state index is 12.3. The number of nitrogens with one attached hydrogen (secondary N) is 2. The van der Waals surface area contributed by atoms with Crippen LogP contribution in [0, 0.1) is 0 Å². The normalized spacial score (nSPS) is 15.1. The lowest BCUT2D eigenvalue weighted by molar-refractivity contribution is 0.262. The van der Waals surface area contributed by atoms with Crippen LogP contribution in [-0.4, -0.2) is 35.8 Å². The Morgan fingerprint density at radius 1 is 1.19 bits per heavy atom. The first kappa shape index (κ1) is 17.5. The second-order valence-electron chi connectivity index (χ2n) is 6.02. The number of nitrogens with zero attached hydrogens (tertiary/aromatic N) is 2. The Morgan fingerprint density at radius 3 is 2.81 bits per heavy atom. The van der Waals surface area contributed by atoms with Crippen molar-refractivity contribution in [3.63, 3.8) is 0 Å². The molecule has 0 spiro atoms. The number of amides is 2. The number of aliphatic imine (C=N–C) groups is 1. The van der Waals surface area contributed by atoms with Crippen molar-refractivity contribution in [2.75, 3.05) is 30.3 Å². The van der Waals surface area contributed by atoms with E-state index in [-0.39, 0.29) is 6.03 Å². The molecule has 27 heavy (non-hydrogen) atoms. The Hall–Kier alpha value is -2.93. The number of carbonyl (C=O) groups excluding carboxylic acids is 1. The second kappa shape index (κ2) is 7.75. The summed E-state index contributed by atoms with van der Waals surface area (Å²) >= 11 is 1.66. The highest BCUT2D eigenvalue weighted by molar-refractivity contribution is 8.16. The van der Waals surface area contributed by atoms with Crippen LogP contribution in [0.4, 0.5) is 16.2 Å². The number of amidine groups is 1. The van der Waals surface area contributed by atoms with Crippen molar-refractivity contribution in [3.05, 3.63) is 59.5 Å². The van der Waals surface area contributed by atoms with Gasteiger partial charge in [-0.25, -0.2) is 4.79 Å². The van der Waals surface area contributed by atoms with E-state index in [1.165, 1.54) is 0 Å². The van der Waals surface area contributed by atoms with E-state index in [0.29, 0.717) is 18.0 Å². The first-order chi connectivity index (χ1) is 13.2. The van der Waals surface area contributed by atoms with Gasteiger partial charge in [0.05, 0.1) is 24.5 Å². The number of benzene rings is 2. The number of thioether (sulfide) groups is 1. The van der Waals surface area contributed by atoms with Gasteiger partial charge in [0.2, 0.25) is 0 Å². The summed E-state index contributed by atoms with van der Waals surface area (Å²) < 4.78 is 5.53. The van der Waals surface area contributed by atoms with Crippen LogP contribution in [0.1, 0.15) is 12.5 Å². The molecule has 2 aliphatic rings. The molecule has 0 radical (unpaired) electrons. The summed E-state index contributed by atoms with van der Waals surface area (Å²) in [5.41, 5.74) is 3.65. The second-order valence-corrected chi connectivity index (χ2v) is 6.86. The van der Waals surface area contributed by atoms with E-state index in [9.17, 15) is 4.79 Å². The molecular weight excluding hydrogens is 360 g/mol. The molecule has 2 N–H and O–H groups in total. The number of fused-ring (bicyclic) bond motifs is 1. The SMILES string of the molecule is CCOc1ccccc1NC(=O)Nc1ccc(C2=CSC3=NCCN23)cc1. The molecule has 4 rings (SSSR count). The highest BCUT2D eigenvalue weighted by atomic mass is 32.2. The Bertz CT molecular complexity index is 908. The summed E-state index contributed by atoms with van der Waals surface area (Å²) in [6.45, 7) is 4.23. The van der Waals surface area contributed by atoms with Gasteiger partial charge in [0, 0.05) is 17.6 Å². The van der Waals surface area contributed by atoms with Crippen molar-refractivity contribution in [1.82, 2.24) is 4.90 Å². The topological polar surface area (TPSA) is 66.0 Å². The molecule has 0 unspecified atom stereocenters. The molecule has 6 nitrogen and oxygen atoms in total. The van der Waals surface area contributed by atoms with Gasteiger partial charge in [-0.1, -0.05) is 36.0 Å². The molecule has 2 amide bonds. The lowest BCUT2D eigenvalue weighted by Crippen LogP contribution is -2.20. The van der Waals surface area contributed by atoms with Crippen molar-refractivity contribution < 1.29 is 9.53 Å². The fourth-order valence-electron chi connectivity index (χ4n) is 3.01. The molecule has 0 aromatic heterocycles. The van der Waals surface area contributed by atoms with Crippen LogP contribution >= 0.6 is 11.8 Å². The van der Waals surface area contributed by atoms with E-state index in [1.807, 2.05) is 55.5 Å². The van der Waals surface area contributed by atoms with E-state index in [4.69, 9.17) is 4.74 Å². The van der Waals surface area contributed by atoms with E-state index >= 15 is 0 Å². The first-order valence-corrected chi connectivity index (χ1v) is 9.71. The molecule has 2 aliphatic heterocycles. The quantitative estimate of drug-likeness (QED) is 0.804. The van der Waals surface area contributed by atoms with Crippen LogP contribution in [0.5, 0.6) is 5.75 Å². The van der Waals surface area contributed by atoms with Crippen LogP contribution in [0.2, 0.25) is 0 Å². The average molecular weight is 380 g/mol. The number of urea groups is 1. The summed E-state index contributed by atoms with van der Waals surface area (Å²) in [6, 6.07) is 14.9. The van der Waals surface area contributed by atoms with Gasteiger partial charge in [0.25, 0.3) is 0 Å². The summed E-state index contributed by atoms with van der Waals surface area (Å²) in [4.78, 5) is 19.0. The maximum Gasteiger partial charge on any atom is 0.323 e. The molecule has 7 heteroatoms. The van der Waals surface area contributed by atoms with Gasteiger partial charge >= 0.3 is 6.03 Å². The molecule has 138 valence electrons. The number of rotatable bonds is 5. The smallest absolute Gasteiger partial charge is 0.323 e. The van der Waals surface area contributed by atoms with Gasteiger partial charge in [0.15, 0.2) is 5.17 Å². The molecule has 0 fully saturated rings. The summed E-state index contributed by atoms with van der Waals surface area (Å²) in [5.74, 6) is 0.652. The Morgan fingerprint density at radius 2 is 2.00 bits per heavy atom. The van der Waals surface area contributed by atoms with E-state index in [2.05, 4.69) is 25.9 Å². The zero-order valence-electron chi connectivity index (χ0n) is 14.9. The summed E-state index contributed by atoms with van der Waals surface area (Å²) in [5, 5.41) is 8.88. The van der Waals surface area contributed by atoms with Crippen molar-refractivity contribution in [3.8, 4) is 5.75 Å². The van der Waals surface area contributed by atoms with Gasteiger partial charge in [-0.15, -0.1) is 0 Å². The number of hydrogen-bond donors (Lipinski definition) is 2. The van der Waals surface area contributed by atoms with Crippen LogP contribution in [0.3, 0.4) is 0 Å². The number of carbonyl (C=O) groups is 1. The number of anilines is 2. The third-order valence-corrected chi connectivity index (χ3v) is 5.14. The van der Waals surface area contributed by atoms with Crippen LogP contribution in [0.25, 0.3) is 5.70 Å². The third-order valence-electron chi connectivity index (χ3n) is 4.24. The molecular formula is C20H20N4O2S. The minimum Gasteiger partial charge on any atom is -0.492 e. The Labute approximate surface area is 162 Å². The highest BCUT2D eigenvalue weighted by Gasteiger charge is 2.26. The van der Waals surface area contributed by atoms with Crippen molar-refractivity contribution >= 4 is 40.0 Å². The van der Waals surface area contributed by atoms with E-state index in [0.717, 1.165) is 35.2 Å². The molecule has 0 atom stereocenters. The fraction of sp³-hybridized carbons (Fsp3) is 0.200. The number of para-hydroxylation sites is 2. The van der Waals surface area contributed by atoms with Gasteiger partial charge in [0.1, 0.15) is 5.75 Å². The van der Waals surface area contributed by atoms with Crippen molar-refractivity contribution in [2.24, 2.45) is 4.99 Å². The molecule has 2 aromatic rings. The monoisotopic (exact) mass is 380 g/mol. The van der Waals surface area contributed by atoms with Crippen LogP contribution in [0.15, 0.2) is 58.9 Å². The minimum absolute atomic E-state index is 0.306. The lowest BCUT2D eigenvalue weighted by atomic mass is 10.1. The predicted octanol–water partition coefficient (Wildman–Crippen LogP) is 4.45. The average Bonchev–Trinajstić information content (AvgIpc) is 3.28. The molecule has 0 aliphatic carbocycles.